The van der Waals surface area contributed by atoms with Gasteiger partial charge in [-0.1, -0.05) is 38.1 Å². The van der Waals surface area contributed by atoms with Crippen LogP contribution in [0.2, 0.25) is 0 Å². The van der Waals surface area contributed by atoms with Crippen LogP contribution in [0.1, 0.15) is 31.0 Å². The van der Waals surface area contributed by atoms with Gasteiger partial charge in [-0.3, -0.25) is 0 Å². The first-order chi connectivity index (χ1) is 8.72. The maximum absolute atomic E-state index is 5.88. The zero-order chi connectivity index (χ0) is 13.4. The minimum atomic E-state index is 0.266. The molecule has 0 aromatic heterocycles. The second-order valence-corrected chi connectivity index (χ2v) is 4.63. The van der Waals surface area contributed by atoms with Crippen LogP contribution in [-0.2, 0) is 0 Å². The SMILES string of the molecule is CCN(CC)CCNC(CN)c1ccccc1C. The van der Waals surface area contributed by atoms with Crippen molar-refractivity contribution in [1.82, 2.24) is 10.2 Å². The Balaban J connectivity index is 2.50. The Hall–Kier alpha value is -0.900. The Morgan fingerprint density at radius 3 is 2.44 bits per heavy atom. The lowest BCUT2D eigenvalue weighted by molar-refractivity contribution is 0.296. The summed E-state index contributed by atoms with van der Waals surface area (Å²) in [5.74, 6) is 0. The predicted molar refractivity (Wildman–Crippen MR) is 78.8 cm³/mol. The van der Waals surface area contributed by atoms with Gasteiger partial charge in [0.15, 0.2) is 0 Å². The maximum Gasteiger partial charge on any atom is 0.0447 e. The first-order valence-electron chi connectivity index (χ1n) is 6.94. The molecule has 1 rings (SSSR count). The van der Waals surface area contributed by atoms with Gasteiger partial charge in [-0.05, 0) is 31.1 Å². The van der Waals surface area contributed by atoms with Crippen molar-refractivity contribution in [3.05, 3.63) is 35.4 Å². The van der Waals surface area contributed by atoms with Crippen LogP contribution >= 0.6 is 0 Å². The number of benzene rings is 1. The van der Waals surface area contributed by atoms with Gasteiger partial charge in [-0.15, -0.1) is 0 Å². The van der Waals surface area contributed by atoms with Crippen LogP contribution < -0.4 is 11.1 Å². The van der Waals surface area contributed by atoms with Crippen LogP contribution in [0.5, 0.6) is 0 Å². The molecule has 0 bridgehead atoms. The monoisotopic (exact) mass is 249 g/mol. The topological polar surface area (TPSA) is 41.3 Å². The molecule has 0 amide bonds. The molecule has 3 N–H and O–H groups in total. The van der Waals surface area contributed by atoms with E-state index < -0.39 is 0 Å². The van der Waals surface area contributed by atoms with Crippen LogP contribution in [0.25, 0.3) is 0 Å². The highest BCUT2D eigenvalue weighted by Gasteiger charge is 2.11. The lowest BCUT2D eigenvalue weighted by Crippen LogP contribution is -2.36. The molecular weight excluding hydrogens is 222 g/mol. The van der Waals surface area contributed by atoms with Crippen molar-refractivity contribution >= 4 is 0 Å². The molecular formula is C15H27N3. The standard InChI is InChI=1S/C15H27N3/c1-4-18(5-2)11-10-17-15(12-16)14-9-7-6-8-13(14)3/h6-9,15,17H,4-5,10-12,16H2,1-3H3. The largest absolute Gasteiger partial charge is 0.329 e. The molecule has 1 unspecified atom stereocenters. The molecule has 0 heterocycles. The third kappa shape index (κ3) is 4.41. The molecule has 3 heteroatoms. The van der Waals surface area contributed by atoms with Gasteiger partial charge in [0, 0.05) is 25.7 Å². The summed E-state index contributed by atoms with van der Waals surface area (Å²) in [6.07, 6.45) is 0. The first-order valence-corrected chi connectivity index (χ1v) is 6.94. The van der Waals surface area contributed by atoms with Gasteiger partial charge in [0.1, 0.15) is 0 Å². The minimum absolute atomic E-state index is 0.266. The summed E-state index contributed by atoms with van der Waals surface area (Å²) in [5.41, 5.74) is 8.51. The quantitative estimate of drug-likeness (QED) is 0.739. The van der Waals surface area contributed by atoms with Gasteiger partial charge in [0.2, 0.25) is 0 Å². The maximum atomic E-state index is 5.88. The molecule has 0 aliphatic heterocycles. The number of hydrogen-bond acceptors (Lipinski definition) is 3. The Morgan fingerprint density at radius 2 is 1.89 bits per heavy atom. The average Bonchev–Trinajstić information content (AvgIpc) is 2.40. The number of hydrogen-bond donors (Lipinski definition) is 2. The Morgan fingerprint density at radius 1 is 1.22 bits per heavy atom. The molecule has 18 heavy (non-hydrogen) atoms. The lowest BCUT2D eigenvalue weighted by atomic mass is 10.0. The van der Waals surface area contributed by atoms with Crippen molar-refractivity contribution in [3.8, 4) is 0 Å². The third-order valence-electron chi connectivity index (χ3n) is 3.51. The number of nitrogens with two attached hydrogens (primary N) is 1. The van der Waals surface area contributed by atoms with E-state index in [2.05, 4.69) is 55.3 Å². The fourth-order valence-corrected chi connectivity index (χ4v) is 2.23. The van der Waals surface area contributed by atoms with Gasteiger partial charge in [0.05, 0.1) is 0 Å². The van der Waals surface area contributed by atoms with E-state index in [9.17, 15) is 0 Å². The highest BCUT2D eigenvalue weighted by atomic mass is 15.1. The summed E-state index contributed by atoms with van der Waals surface area (Å²) in [7, 11) is 0. The van der Waals surface area contributed by atoms with E-state index in [0.29, 0.717) is 6.54 Å². The molecule has 0 aliphatic carbocycles. The number of aryl methyl sites for hydroxylation is 1. The van der Waals surface area contributed by atoms with Crippen LogP contribution in [0.15, 0.2) is 24.3 Å². The van der Waals surface area contributed by atoms with E-state index in [-0.39, 0.29) is 6.04 Å². The zero-order valence-corrected chi connectivity index (χ0v) is 11.9. The van der Waals surface area contributed by atoms with Crippen LogP contribution in [-0.4, -0.2) is 37.6 Å². The van der Waals surface area contributed by atoms with E-state index >= 15 is 0 Å². The molecule has 1 atom stereocenters. The Bertz CT molecular complexity index is 334. The summed E-state index contributed by atoms with van der Waals surface area (Å²) in [5, 5.41) is 3.56. The normalized spacial score (nSPS) is 12.9. The first kappa shape index (κ1) is 15.2. The number of nitrogens with one attached hydrogen (secondary N) is 1. The molecule has 1 aromatic carbocycles. The molecule has 0 fully saturated rings. The molecule has 3 nitrogen and oxygen atoms in total. The zero-order valence-electron chi connectivity index (χ0n) is 11.9. The number of nitrogens with zero attached hydrogens (tertiary/aromatic N) is 1. The van der Waals surface area contributed by atoms with Gasteiger partial charge in [0.25, 0.3) is 0 Å². The van der Waals surface area contributed by atoms with Gasteiger partial charge in [-0.2, -0.15) is 0 Å². The van der Waals surface area contributed by atoms with Crippen molar-refractivity contribution in [2.75, 3.05) is 32.7 Å². The second-order valence-electron chi connectivity index (χ2n) is 4.63. The van der Waals surface area contributed by atoms with Crippen LogP contribution in [0.4, 0.5) is 0 Å². The molecule has 0 saturated carbocycles. The van der Waals surface area contributed by atoms with Crippen molar-refractivity contribution in [2.45, 2.75) is 26.8 Å². The van der Waals surface area contributed by atoms with Crippen molar-refractivity contribution in [2.24, 2.45) is 5.73 Å². The van der Waals surface area contributed by atoms with Crippen LogP contribution in [0.3, 0.4) is 0 Å². The second kappa shape index (κ2) is 8.25. The molecule has 0 spiro atoms. The molecule has 0 radical (unpaired) electrons. The summed E-state index contributed by atoms with van der Waals surface area (Å²) >= 11 is 0. The van der Waals surface area contributed by atoms with Crippen molar-refractivity contribution < 1.29 is 0 Å². The van der Waals surface area contributed by atoms with Crippen molar-refractivity contribution in [3.63, 3.8) is 0 Å². The summed E-state index contributed by atoms with van der Waals surface area (Å²) in [4.78, 5) is 2.42. The molecule has 102 valence electrons. The summed E-state index contributed by atoms with van der Waals surface area (Å²) < 4.78 is 0. The Labute approximate surface area is 111 Å². The van der Waals surface area contributed by atoms with E-state index in [1.165, 1.54) is 11.1 Å². The smallest absolute Gasteiger partial charge is 0.0447 e. The highest BCUT2D eigenvalue weighted by Crippen LogP contribution is 2.15. The Kier molecular flexibility index (Phi) is 6.94. The average molecular weight is 249 g/mol. The molecule has 0 aliphatic rings. The van der Waals surface area contributed by atoms with Crippen molar-refractivity contribution in [1.29, 1.82) is 0 Å². The van der Waals surface area contributed by atoms with E-state index in [0.717, 1.165) is 26.2 Å². The number of likely N-dealkylation sites (N-methyl/N-ethyl adjacent to an activating group) is 1. The lowest BCUT2D eigenvalue weighted by Gasteiger charge is -2.23. The van der Waals surface area contributed by atoms with E-state index in [1.54, 1.807) is 0 Å². The van der Waals surface area contributed by atoms with Gasteiger partial charge in [-0.25, -0.2) is 0 Å². The molecule has 0 saturated heterocycles. The van der Waals surface area contributed by atoms with Gasteiger partial charge < -0.3 is 16.0 Å². The fraction of sp³-hybridized carbons (Fsp3) is 0.600. The summed E-state index contributed by atoms with van der Waals surface area (Å²) in [6, 6.07) is 8.72. The van der Waals surface area contributed by atoms with E-state index in [4.69, 9.17) is 5.73 Å². The third-order valence-corrected chi connectivity index (χ3v) is 3.51. The van der Waals surface area contributed by atoms with Crippen LogP contribution in [0, 0.1) is 6.92 Å². The number of rotatable bonds is 8. The van der Waals surface area contributed by atoms with Gasteiger partial charge >= 0.3 is 0 Å². The van der Waals surface area contributed by atoms with E-state index in [1.807, 2.05) is 0 Å². The summed E-state index contributed by atoms with van der Waals surface area (Å²) in [6.45, 7) is 11.5. The highest BCUT2D eigenvalue weighted by molar-refractivity contribution is 5.28. The fourth-order valence-electron chi connectivity index (χ4n) is 2.23. The predicted octanol–water partition coefficient (Wildman–Crippen LogP) is 1.93. The minimum Gasteiger partial charge on any atom is -0.329 e. The molecule has 1 aromatic rings.